The molecule has 1 N–H and O–H groups in total. The van der Waals surface area contributed by atoms with Crippen LogP contribution in [0.5, 0.6) is 0 Å². The van der Waals surface area contributed by atoms with E-state index >= 15 is 0 Å². The summed E-state index contributed by atoms with van der Waals surface area (Å²) in [5.41, 5.74) is 16.5. The molecule has 0 amide bonds. The van der Waals surface area contributed by atoms with Gasteiger partial charge in [-0.05, 0) is 111 Å². The van der Waals surface area contributed by atoms with E-state index in [1.165, 1.54) is 61.2 Å². The standard InChI is InChI=1S/C21H28.C17H20.C15H16O/c1-20(2,3)18-11-7-16(8-12-18)15-17-9-13-19(14-10-17)21(4,5)6;1-3-14-5-9-16(10-6-14)13-17-11-7-15(4-2)8-12-17;1-12-2-4-13(5-3-12)10-14-6-8-15(11-16)9-7-14/h7-14H,15H2,1-6H3;5-12H,3-4,13H2,1-2H3;2-9,16H,10-11H2,1H3. The summed E-state index contributed by atoms with van der Waals surface area (Å²) in [6, 6.07) is 52.7. The van der Waals surface area contributed by atoms with E-state index in [1.807, 2.05) is 12.1 Å². The third-order valence-corrected chi connectivity index (χ3v) is 10.1. The first kappa shape index (κ1) is 42.0. The molecule has 54 heavy (non-hydrogen) atoms. The van der Waals surface area contributed by atoms with Gasteiger partial charge in [-0.3, -0.25) is 0 Å². The Morgan fingerprint density at radius 3 is 0.796 bits per heavy atom. The number of rotatable bonds is 9. The first-order chi connectivity index (χ1) is 25.7. The van der Waals surface area contributed by atoms with Gasteiger partial charge in [0, 0.05) is 0 Å². The molecule has 1 nitrogen and oxygen atoms in total. The summed E-state index contributed by atoms with van der Waals surface area (Å²) in [6.07, 6.45) is 5.23. The molecule has 0 unspecified atom stereocenters. The Kier molecular flexibility index (Phi) is 15.6. The fraction of sp³-hybridized carbons (Fsp3) is 0.321. The molecule has 0 atom stereocenters. The van der Waals surface area contributed by atoms with E-state index in [0.717, 1.165) is 37.7 Å². The summed E-state index contributed by atoms with van der Waals surface area (Å²) >= 11 is 0. The fourth-order valence-electron chi connectivity index (χ4n) is 6.21. The van der Waals surface area contributed by atoms with Gasteiger partial charge in [0.1, 0.15) is 0 Å². The normalized spacial score (nSPS) is 11.2. The number of aliphatic hydroxyl groups is 1. The highest BCUT2D eigenvalue weighted by Crippen LogP contribution is 2.25. The molecule has 0 aliphatic rings. The van der Waals surface area contributed by atoms with Gasteiger partial charge >= 0.3 is 0 Å². The van der Waals surface area contributed by atoms with Crippen molar-refractivity contribution < 1.29 is 5.11 Å². The lowest BCUT2D eigenvalue weighted by Crippen LogP contribution is -2.11. The Morgan fingerprint density at radius 1 is 0.333 bits per heavy atom. The van der Waals surface area contributed by atoms with Crippen LogP contribution in [0.25, 0.3) is 0 Å². The molecule has 0 aliphatic carbocycles. The van der Waals surface area contributed by atoms with Crippen molar-refractivity contribution in [1.82, 2.24) is 0 Å². The van der Waals surface area contributed by atoms with Crippen molar-refractivity contribution >= 4 is 0 Å². The highest BCUT2D eigenvalue weighted by atomic mass is 16.3. The first-order valence-corrected chi connectivity index (χ1v) is 19.8. The van der Waals surface area contributed by atoms with Crippen LogP contribution in [-0.4, -0.2) is 5.11 Å². The number of aryl methyl sites for hydroxylation is 3. The SMILES string of the molecule is CC(C)(C)c1ccc(Cc2ccc(C(C)(C)C)cc2)cc1.CCc1ccc(Cc2ccc(CC)cc2)cc1.Cc1ccc(Cc2ccc(CO)cc2)cc1. The predicted octanol–water partition coefficient (Wildman–Crippen LogP) is 13.4. The van der Waals surface area contributed by atoms with Crippen LogP contribution in [0, 0.1) is 6.92 Å². The van der Waals surface area contributed by atoms with Gasteiger partial charge in [0.15, 0.2) is 0 Å². The van der Waals surface area contributed by atoms with Crippen LogP contribution in [0.15, 0.2) is 146 Å². The minimum Gasteiger partial charge on any atom is -0.392 e. The maximum Gasteiger partial charge on any atom is 0.0681 e. The van der Waals surface area contributed by atoms with Crippen molar-refractivity contribution in [1.29, 1.82) is 0 Å². The van der Waals surface area contributed by atoms with Crippen LogP contribution in [-0.2, 0) is 49.5 Å². The highest BCUT2D eigenvalue weighted by molar-refractivity contribution is 5.35. The lowest BCUT2D eigenvalue weighted by atomic mass is 9.85. The molecule has 0 bridgehead atoms. The molecule has 0 aromatic heterocycles. The Morgan fingerprint density at radius 2 is 0.556 bits per heavy atom. The van der Waals surface area contributed by atoms with Crippen LogP contribution < -0.4 is 0 Å². The molecule has 0 saturated heterocycles. The Hall–Kier alpha value is -4.72. The van der Waals surface area contributed by atoms with Crippen molar-refractivity contribution in [2.24, 2.45) is 0 Å². The third kappa shape index (κ3) is 13.9. The minimum atomic E-state index is 0.116. The van der Waals surface area contributed by atoms with Gasteiger partial charge in [-0.15, -0.1) is 0 Å². The predicted molar refractivity (Wildman–Crippen MR) is 234 cm³/mol. The minimum absolute atomic E-state index is 0.116. The highest BCUT2D eigenvalue weighted by Gasteiger charge is 2.14. The van der Waals surface area contributed by atoms with Crippen molar-refractivity contribution in [3.63, 3.8) is 0 Å². The molecule has 0 saturated carbocycles. The van der Waals surface area contributed by atoms with Crippen molar-refractivity contribution in [3.8, 4) is 0 Å². The second-order valence-corrected chi connectivity index (χ2v) is 16.7. The Labute approximate surface area is 328 Å². The maximum atomic E-state index is 8.95. The molecule has 6 rings (SSSR count). The van der Waals surface area contributed by atoms with Gasteiger partial charge in [-0.1, -0.05) is 207 Å². The molecule has 1 heteroatoms. The van der Waals surface area contributed by atoms with E-state index in [9.17, 15) is 0 Å². The Balaban J connectivity index is 0.000000182. The zero-order valence-electron chi connectivity index (χ0n) is 34.5. The molecule has 6 aromatic rings. The van der Waals surface area contributed by atoms with Crippen LogP contribution in [0.1, 0.15) is 122 Å². The van der Waals surface area contributed by atoms with Crippen molar-refractivity contribution in [3.05, 3.63) is 212 Å². The van der Waals surface area contributed by atoms with E-state index in [-0.39, 0.29) is 17.4 Å². The van der Waals surface area contributed by atoms with Crippen LogP contribution in [0.3, 0.4) is 0 Å². The second-order valence-electron chi connectivity index (χ2n) is 16.7. The fourth-order valence-corrected chi connectivity index (χ4v) is 6.21. The molecule has 0 heterocycles. The van der Waals surface area contributed by atoms with Gasteiger partial charge < -0.3 is 5.11 Å². The zero-order chi connectivity index (χ0) is 39.1. The van der Waals surface area contributed by atoms with E-state index in [0.29, 0.717) is 0 Å². The van der Waals surface area contributed by atoms with Gasteiger partial charge in [-0.2, -0.15) is 0 Å². The maximum absolute atomic E-state index is 8.95. The summed E-state index contributed by atoms with van der Waals surface area (Å²) in [5.74, 6) is 0. The Bertz CT molecular complexity index is 1830. The van der Waals surface area contributed by atoms with E-state index in [1.54, 1.807) is 0 Å². The summed E-state index contributed by atoms with van der Waals surface area (Å²) in [6.45, 7) is 20.1. The molecule has 0 fully saturated rings. The lowest BCUT2D eigenvalue weighted by Gasteiger charge is -2.20. The smallest absolute Gasteiger partial charge is 0.0681 e. The topological polar surface area (TPSA) is 20.2 Å². The summed E-state index contributed by atoms with van der Waals surface area (Å²) in [7, 11) is 0. The average Bonchev–Trinajstić information content (AvgIpc) is 3.17. The number of hydrogen-bond acceptors (Lipinski definition) is 1. The van der Waals surface area contributed by atoms with E-state index in [4.69, 9.17) is 5.11 Å². The zero-order valence-corrected chi connectivity index (χ0v) is 34.5. The summed E-state index contributed by atoms with van der Waals surface area (Å²) < 4.78 is 0. The summed E-state index contributed by atoms with van der Waals surface area (Å²) in [5, 5.41) is 8.95. The van der Waals surface area contributed by atoms with Crippen molar-refractivity contribution in [2.45, 2.75) is 112 Å². The van der Waals surface area contributed by atoms with Gasteiger partial charge in [0.25, 0.3) is 0 Å². The monoisotopic (exact) mass is 716 g/mol. The third-order valence-electron chi connectivity index (χ3n) is 10.1. The number of aliphatic hydroxyl groups excluding tert-OH is 1. The van der Waals surface area contributed by atoms with Gasteiger partial charge in [0.05, 0.1) is 6.61 Å². The van der Waals surface area contributed by atoms with Crippen molar-refractivity contribution in [2.75, 3.05) is 0 Å². The molecule has 6 aromatic carbocycles. The lowest BCUT2D eigenvalue weighted by molar-refractivity contribution is 0.282. The average molecular weight is 717 g/mol. The molecule has 0 aliphatic heterocycles. The van der Waals surface area contributed by atoms with E-state index < -0.39 is 0 Å². The second kappa shape index (κ2) is 20.1. The molecular formula is C53H64O. The summed E-state index contributed by atoms with van der Waals surface area (Å²) in [4.78, 5) is 0. The molecule has 0 radical (unpaired) electrons. The van der Waals surface area contributed by atoms with Gasteiger partial charge in [-0.25, -0.2) is 0 Å². The first-order valence-electron chi connectivity index (χ1n) is 19.8. The largest absolute Gasteiger partial charge is 0.392 e. The van der Waals surface area contributed by atoms with Crippen LogP contribution in [0.2, 0.25) is 0 Å². The van der Waals surface area contributed by atoms with Crippen LogP contribution in [0.4, 0.5) is 0 Å². The quantitative estimate of drug-likeness (QED) is 0.158. The van der Waals surface area contributed by atoms with E-state index in [2.05, 4.69) is 196 Å². The number of benzene rings is 6. The van der Waals surface area contributed by atoms with Crippen LogP contribution >= 0.6 is 0 Å². The number of hydrogen-bond donors (Lipinski definition) is 1. The van der Waals surface area contributed by atoms with Gasteiger partial charge in [0.2, 0.25) is 0 Å². The molecular weight excluding hydrogens is 653 g/mol. The molecule has 282 valence electrons. The molecule has 0 spiro atoms.